The molecule has 0 atom stereocenters. The molecule has 0 aliphatic heterocycles. The molecule has 0 aliphatic carbocycles. The minimum atomic E-state index is -0.869. The molecule has 0 aromatic heterocycles. The number of rotatable bonds is 3. The summed E-state index contributed by atoms with van der Waals surface area (Å²) in [5, 5.41) is 30.1. The van der Waals surface area contributed by atoms with Crippen LogP contribution in [0.25, 0.3) is 0 Å². The van der Waals surface area contributed by atoms with E-state index in [0.29, 0.717) is 0 Å². The van der Waals surface area contributed by atoms with Gasteiger partial charge in [-0.2, -0.15) is 0 Å². The van der Waals surface area contributed by atoms with Gasteiger partial charge in [-0.05, 0) is 0 Å². The van der Waals surface area contributed by atoms with E-state index in [1.165, 1.54) is 0 Å². The highest BCUT2D eigenvalue weighted by atomic mass is 16.6. The van der Waals surface area contributed by atoms with E-state index >= 15 is 0 Å². The molecule has 1 aromatic rings. The van der Waals surface area contributed by atoms with Crippen molar-refractivity contribution >= 4 is 11.4 Å². The molecule has 15 heavy (non-hydrogen) atoms. The number of hydrogen-bond donors (Lipinski definition) is 1. The smallest absolute Gasteiger partial charge is 0.321 e. The first-order valence-electron chi connectivity index (χ1n) is 3.67. The third-order valence-electron chi connectivity index (χ3n) is 1.65. The molecular weight excluding hydrogens is 208 g/mol. The zero-order valence-electron chi connectivity index (χ0n) is 7.54. The van der Waals surface area contributed by atoms with Gasteiger partial charge < -0.3 is 9.84 Å². The second-order valence-electron chi connectivity index (χ2n) is 2.53. The van der Waals surface area contributed by atoms with Crippen LogP contribution in [-0.4, -0.2) is 22.1 Å². The molecule has 8 nitrogen and oxygen atoms in total. The van der Waals surface area contributed by atoms with Crippen LogP contribution in [0.15, 0.2) is 12.1 Å². The number of hydrogen-bond acceptors (Lipinski definition) is 6. The molecule has 0 heterocycles. The highest BCUT2D eigenvalue weighted by Gasteiger charge is 2.24. The van der Waals surface area contributed by atoms with Crippen LogP contribution in [-0.2, 0) is 0 Å². The number of nitrogens with zero attached hydrogens (tertiary/aromatic N) is 2. The monoisotopic (exact) mass is 214 g/mol. The summed E-state index contributed by atoms with van der Waals surface area (Å²) in [6.45, 7) is 0. The van der Waals surface area contributed by atoms with Crippen molar-refractivity contribution in [2.75, 3.05) is 7.11 Å². The van der Waals surface area contributed by atoms with Gasteiger partial charge in [-0.3, -0.25) is 20.2 Å². The maximum Gasteiger partial charge on any atom is 0.321 e. The van der Waals surface area contributed by atoms with Crippen LogP contribution in [0.3, 0.4) is 0 Å². The van der Waals surface area contributed by atoms with Gasteiger partial charge in [-0.1, -0.05) is 0 Å². The molecule has 80 valence electrons. The highest BCUT2D eigenvalue weighted by Crippen LogP contribution is 2.39. The van der Waals surface area contributed by atoms with Gasteiger partial charge >= 0.3 is 5.69 Å². The number of nitro groups is 2. The topological polar surface area (TPSA) is 116 Å². The lowest BCUT2D eigenvalue weighted by Crippen LogP contribution is -1.96. The number of phenolic OH excluding ortho intramolecular Hbond substituents is 1. The van der Waals surface area contributed by atoms with Crippen molar-refractivity contribution in [3.63, 3.8) is 0 Å². The lowest BCUT2D eigenvalue weighted by atomic mass is 10.2. The third kappa shape index (κ3) is 1.93. The van der Waals surface area contributed by atoms with E-state index in [0.717, 1.165) is 19.2 Å². The Morgan fingerprint density at radius 3 is 2.27 bits per heavy atom. The zero-order valence-corrected chi connectivity index (χ0v) is 7.54. The fraction of sp³-hybridized carbons (Fsp3) is 0.143. The van der Waals surface area contributed by atoms with E-state index in [-0.39, 0.29) is 0 Å². The van der Waals surface area contributed by atoms with Crippen LogP contribution >= 0.6 is 0 Å². The molecule has 1 N–H and O–H groups in total. The average molecular weight is 214 g/mol. The molecule has 0 saturated heterocycles. The quantitative estimate of drug-likeness (QED) is 0.597. The summed E-state index contributed by atoms with van der Waals surface area (Å²) in [7, 11) is 1.12. The summed E-state index contributed by atoms with van der Waals surface area (Å²) in [5.41, 5.74) is -1.22. The Balaban J connectivity index is 3.45. The normalized spacial score (nSPS) is 9.67. The van der Waals surface area contributed by atoms with Crippen molar-refractivity contribution in [3.05, 3.63) is 32.4 Å². The predicted octanol–water partition coefficient (Wildman–Crippen LogP) is 1.22. The first-order valence-corrected chi connectivity index (χ1v) is 3.67. The van der Waals surface area contributed by atoms with Crippen molar-refractivity contribution < 1.29 is 19.7 Å². The van der Waals surface area contributed by atoms with E-state index < -0.39 is 32.7 Å². The number of nitro benzene ring substituents is 2. The van der Waals surface area contributed by atoms with Gasteiger partial charge in [0.25, 0.3) is 5.69 Å². The predicted molar refractivity (Wildman–Crippen MR) is 48.0 cm³/mol. The summed E-state index contributed by atoms with van der Waals surface area (Å²) >= 11 is 0. The first-order chi connectivity index (χ1) is 6.97. The van der Waals surface area contributed by atoms with Gasteiger partial charge in [0.15, 0.2) is 5.75 Å². The molecule has 0 unspecified atom stereocenters. The Labute approximate surface area is 83.0 Å². The zero-order chi connectivity index (χ0) is 11.6. The van der Waals surface area contributed by atoms with E-state index in [1.807, 2.05) is 0 Å². The average Bonchev–Trinajstić information content (AvgIpc) is 2.16. The van der Waals surface area contributed by atoms with Crippen LogP contribution in [0.2, 0.25) is 0 Å². The summed E-state index contributed by atoms with van der Waals surface area (Å²) in [5.74, 6) is -1.04. The van der Waals surface area contributed by atoms with E-state index in [9.17, 15) is 25.3 Å². The molecule has 0 radical (unpaired) electrons. The SMILES string of the molecule is COc1c(O)cc([N+](=O)[O-])cc1[N+](=O)[O-]. The maximum absolute atomic E-state index is 10.5. The summed E-state index contributed by atoms with van der Waals surface area (Å²) in [6, 6.07) is 1.50. The van der Waals surface area contributed by atoms with Crippen molar-refractivity contribution in [1.82, 2.24) is 0 Å². The fourth-order valence-corrected chi connectivity index (χ4v) is 1.03. The van der Waals surface area contributed by atoms with Crippen LogP contribution in [0, 0.1) is 20.2 Å². The summed E-state index contributed by atoms with van der Waals surface area (Å²) in [4.78, 5) is 19.1. The van der Waals surface area contributed by atoms with Gasteiger partial charge in [0.05, 0.1) is 29.1 Å². The molecule has 0 aliphatic rings. The van der Waals surface area contributed by atoms with Gasteiger partial charge in [-0.25, -0.2) is 0 Å². The molecule has 0 amide bonds. The second kappa shape index (κ2) is 3.78. The van der Waals surface area contributed by atoms with E-state index in [2.05, 4.69) is 4.74 Å². The Morgan fingerprint density at radius 1 is 1.27 bits per heavy atom. The van der Waals surface area contributed by atoms with Gasteiger partial charge in [-0.15, -0.1) is 0 Å². The molecule has 0 spiro atoms. The Kier molecular flexibility index (Phi) is 2.70. The van der Waals surface area contributed by atoms with Gasteiger partial charge in [0.2, 0.25) is 5.75 Å². The standard InChI is InChI=1S/C7H6N2O6/c1-15-7-5(9(13)14)2-4(8(11)12)3-6(7)10/h2-3,10H,1H3. The Morgan fingerprint density at radius 2 is 1.87 bits per heavy atom. The van der Waals surface area contributed by atoms with E-state index in [4.69, 9.17) is 0 Å². The number of aromatic hydroxyl groups is 1. The van der Waals surface area contributed by atoms with Gasteiger partial charge in [0.1, 0.15) is 0 Å². The second-order valence-corrected chi connectivity index (χ2v) is 2.53. The van der Waals surface area contributed by atoms with Crippen molar-refractivity contribution in [3.8, 4) is 11.5 Å². The van der Waals surface area contributed by atoms with Crippen LogP contribution < -0.4 is 4.74 Å². The van der Waals surface area contributed by atoms with Crippen LogP contribution in [0.1, 0.15) is 0 Å². The Hall–Kier alpha value is -2.38. The van der Waals surface area contributed by atoms with Crippen molar-refractivity contribution in [2.45, 2.75) is 0 Å². The summed E-state index contributed by atoms with van der Waals surface area (Å²) < 4.78 is 4.56. The third-order valence-corrected chi connectivity index (χ3v) is 1.65. The molecule has 1 rings (SSSR count). The summed E-state index contributed by atoms with van der Waals surface area (Å²) in [6.07, 6.45) is 0. The fourth-order valence-electron chi connectivity index (χ4n) is 1.03. The number of methoxy groups -OCH3 is 1. The number of ether oxygens (including phenoxy) is 1. The molecule has 0 fully saturated rings. The van der Waals surface area contributed by atoms with Gasteiger partial charge in [0, 0.05) is 0 Å². The minimum absolute atomic E-state index is 0.398. The number of phenols is 1. The maximum atomic E-state index is 10.5. The molecule has 0 bridgehead atoms. The number of non-ortho nitro benzene ring substituents is 1. The lowest BCUT2D eigenvalue weighted by molar-refractivity contribution is -0.394. The molecular formula is C7H6N2O6. The minimum Gasteiger partial charge on any atom is -0.504 e. The molecule has 0 saturated carbocycles. The van der Waals surface area contributed by atoms with Crippen molar-refractivity contribution in [1.29, 1.82) is 0 Å². The molecule has 8 heteroatoms. The van der Waals surface area contributed by atoms with Crippen LogP contribution in [0.5, 0.6) is 11.5 Å². The number of benzene rings is 1. The highest BCUT2D eigenvalue weighted by molar-refractivity contribution is 5.61. The lowest BCUT2D eigenvalue weighted by Gasteiger charge is -2.03. The van der Waals surface area contributed by atoms with E-state index in [1.54, 1.807) is 0 Å². The Bertz CT molecular complexity index is 430. The van der Waals surface area contributed by atoms with Crippen molar-refractivity contribution in [2.24, 2.45) is 0 Å². The largest absolute Gasteiger partial charge is 0.504 e. The first kappa shape index (κ1) is 10.7. The van der Waals surface area contributed by atoms with Crippen LogP contribution in [0.4, 0.5) is 11.4 Å². The molecule has 1 aromatic carbocycles.